The Morgan fingerprint density at radius 1 is 1.03 bits per heavy atom. The molecule has 0 bridgehead atoms. The molecule has 30 heavy (non-hydrogen) atoms. The number of benzene rings is 2. The van der Waals surface area contributed by atoms with Gasteiger partial charge in [0.25, 0.3) is 11.5 Å². The highest BCUT2D eigenvalue weighted by Crippen LogP contribution is 2.21. The van der Waals surface area contributed by atoms with Gasteiger partial charge in [0, 0.05) is 13.2 Å². The summed E-state index contributed by atoms with van der Waals surface area (Å²) in [5, 5.41) is 5.12. The second kappa shape index (κ2) is 8.64. The van der Waals surface area contributed by atoms with Crippen LogP contribution in [0, 0.1) is 0 Å². The van der Waals surface area contributed by atoms with Crippen molar-refractivity contribution in [2.24, 2.45) is 5.14 Å². The van der Waals surface area contributed by atoms with Crippen molar-refractivity contribution >= 4 is 15.9 Å². The maximum atomic E-state index is 13.0. The zero-order chi connectivity index (χ0) is 21.9. The van der Waals surface area contributed by atoms with E-state index in [1.165, 1.54) is 27.7 Å². The summed E-state index contributed by atoms with van der Waals surface area (Å²) in [6.45, 7) is 2.17. The first-order chi connectivity index (χ1) is 14.2. The van der Waals surface area contributed by atoms with Crippen molar-refractivity contribution in [1.29, 1.82) is 0 Å². The van der Waals surface area contributed by atoms with E-state index in [9.17, 15) is 18.0 Å². The van der Waals surface area contributed by atoms with E-state index in [1.807, 2.05) is 30.3 Å². The molecule has 1 aromatic heterocycles. The summed E-state index contributed by atoms with van der Waals surface area (Å²) in [4.78, 5) is 27.3. The summed E-state index contributed by atoms with van der Waals surface area (Å²) in [5.41, 5.74) is 1.39. The third kappa shape index (κ3) is 4.67. The molecule has 1 atom stereocenters. The van der Waals surface area contributed by atoms with E-state index in [1.54, 1.807) is 38.4 Å². The third-order valence-corrected chi connectivity index (χ3v) is 5.97. The van der Waals surface area contributed by atoms with E-state index in [-0.39, 0.29) is 22.1 Å². The fourth-order valence-electron chi connectivity index (χ4n) is 3.13. The fourth-order valence-corrected chi connectivity index (χ4v) is 3.65. The summed E-state index contributed by atoms with van der Waals surface area (Å²) in [5.74, 6) is -0.412. The molecule has 0 spiro atoms. The molecule has 1 amide bonds. The molecule has 0 radical (unpaired) electrons. The molecule has 1 unspecified atom stereocenters. The number of nitrogens with zero attached hydrogens (tertiary/aromatic N) is 2. The Morgan fingerprint density at radius 3 is 2.27 bits per heavy atom. The quantitative estimate of drug-likeness (QED) is 0.655. The molecule has 3 rings (SSSR count). The van der Waals surface area contributed by atoms with E-state index >= 15 is 0 Å². The standard InChI is InChI=1S/C22H23N3O4S/c1-16(18-10-12-19(13-11-18)30(23,28)29)24(2)21(26)20-9-6-14-25(22(20)27)15-17-7-4-3-5-8-17/h3-14,16H,15H2,1-2H3,(H2,23,28,29). The molecule has 0 saturated carbocycles. The van der Waals surface area contributed by atoms with Crippen LogP contribution in [0.15, 0.2) is 82.6 Å². The van der Waals surface area contributed by atoms with Gasteiger partial charge in [-0.1, -0.05) is 42.5 Å². The smallest absolute Gasteiger partial charge is 0.263 e. The van der Waals surface area contributed by atoms with E-state index in [4.69, 9.17) is 5.14 Å². The molecule has 0 aliphatic carbocycles. The monoisotopic (exact) mass is 425 g/mol. The van der Waals surface area contributed by atoms with Gasteiger partial charge in [0.2, 0.25) is 10.0 Å². The van der Waals surface area contributed by atoms with E-state index < -0.39 is 15.9 Å². The van der Waals surface area contributed by atoms with Gasteiger partial charge in [-0.3, -0.25) is 9.59 Å². The lowest BCUT2D eigenvalue weighted by atomic mass is 10.1. The number of carbonyl (C=O) groups excluding carboxylic acids is 1. The summed E-state index contributed by atoms with van der Waals surface area (Å²) < 4.78 is 24.3. The van der Waals surface area contributed by atoms with Crippen LogP contribution >= 0.6 is 0 Å². The zero-order valence-electron chi connectivity index (χ0n) is 16.7. The minimum absolute atomic E-state index is 0.000660. The normalized spacial score (nSPS) is 12.4. The van der Waals surface area contributed by atoms with Crippen molar-refractivity contribution < 1.29 is 13.2 Å². The van der Waals surface area contributed by atoms with Crippen LogP contribution in [0.3, 0.4) is 0 Å². The first-order valence-electron chi connectivity index (χ1n) is 9.32. The molecule has 0 saturated heterocycles. The maximum absolute atomic E-state index is 13.0. The van der Waals surface area contributed by atoms with Gasteiger partial charge in [0.15, 0.2) is 0 Å². The second-order valence-corrected chi connectivity index (χ2v) is 8.61. The molecule has 3 aromatic rings. The van der Waals surface area contributed by atoms with Gasteiger partial charge in [-0.2, -0.15) is 0 Å². The number of nitrogens with two attached hydrogens (primary N) is 1. The Balaban J connectivity index is 1.83. The van der Waals surface area contributed by atoms with Crippen LogP contribution in [0.1, 0.15) is 34.5 Å². The maximum Gasteiger partial charge on any atom is 0.263 e. The topological polar surface area (TPSA) is 102 Å². The van der Waals surface area contributed by atoms with Gasteiger partial charge in [-0.25, -0.2) is 13.6 Å². The number of hydrogen-bond acceptors (Lipinski definition) is 4. The number of amides is 1. The average molecular weight is 426 g/mol. The Bertz CT molecular complexity index is 1200. The molecular formula is C22H23N3O4S. The van der Waals surface area contributed by atoms with Gasteiger partial charge in [0.1, 0.15) is 5.56 Å². The van der Waals surface area contributed by atoms with Gasteiger partial charge in [-0.15, -0.1) is 0 Å². The van der Waals surface area contributed by atoms with Crippen molar-refractivity contribution in [2.45, 2.75) is 24.4 Å². The Kier molecular flexibility index (Phi) is 6.19. The van der Waals surface area contributed by atoms with Gasteiger partial charge in [0.05, 0.1) is 17.5 Å². The SMILES string of the molecule is CC(c1ccc(S(N)(=O)=O)cc1)N(C)C(=O)c1cccn(Cc2ccccc2)c1=O. The second-order valence-electron chi connectivity index (χ2n) is 7.05. The van der Waals surface area contributed by atoms with Gasteiger partial charge in [-0.05, 0) is 42.3 Å². The van der Waals surface area contributed by atoms with Crippen LogP contribution in [0.2, 0.25) is 0 Å². The van der Waals surface area contributed by atoms with Crippen molar-refractivity contribution in [3.8, 4) is 0 Å². The molecule has 7 nitrogen and oxygen atoms in total. The zero-order valence-corrected chi connectivity index (χ0v) is 17.5. The summed E-state index contributed by atoms with van der Waals surface area (Å²) in [7, 11) is -2.18. The summed E-state index contributed by atoms with van der Waals surface area (Å²) in [6, 6.07) is 18.3. The molecule has 0 aliphatic heterocycles. The van der Waals surface area contributed by atoms with Gasteiger partial charge >= 0.3 is 0 Å². The highest BCUT2D eigenvalue weighted by molar-refractivity contribution is 7.89. The molecule has 1 heterocycles. The van der Waals surface area contributed by atoms with Crippen LogP contribution in [0.25, 0.3) is 0 Å². The van der Waals surface area contributed by atoms with Crippen LogP contribution in [-0.4, -0.2) is 30.8 Å². The number of rotatable bonds is 6. The highest BCUT2D eigenvalue weighted by Gasteiger charge is 2.22. The molecule has 0 fully saturated rings. The Morgan fingerprint density at radius 2 is 1.67 bits per heavy atom. The molecule has 2 aromatic carbocycles. The lowest BCUT2D eigenvalue weighted by Crippen LogP contribution is -2.35. The van der Waals surface area contributed by atoms with Crippen molar-refractivity contribution in [2.75, 3.05) is 7.05 Å². The Labute approximate surface area is 175 Å². The predicted octanol–water partition coefficient (Wildman–Crippen LogP) is 2.38. The average Bonchev–Trinajstić information content (AvgIpc) is 2.74. The predicted molar refractivity (Wildman–Crippen MR) is 115 cm³/mol. The number of sulfonamides is 1. The minimum atomic E-state index is -3.79. The van der Waals surface area contributed by atoms with E-state index in [0.29, 0.717) is 6.54 Å². The molecule has 2 N–H and O–H groups in total. The Hall–Kier alpha value is -3.23. The number of aromatic nitrogens is 1. The minimum Gasteiger partial charge on any atom is -0.335 e. The van der Waals surface area contributed by atoms with Crippen LogP contribution in [0.5, 0.6) is 0 Å². The molecule has 156 valence electrons. The fraction of sp³-hybridized carbons (Fsp3) is 0.182. The molecule has 0 aliphatic rings. The highest BCUT2D eigenvalue weighted by atomic mass is 32.2. The van der Waals surface area contributed by atoms with E-state index in [0.717, 1.165) is 11.1 Å². The third-order valence-electron chi connectivity index (χ3n) is 5.04. The number of hydrogen-bond donors (Lipinski definition) is 1. The summed E-state index contributed by atoms with van der Waals surface area (Å²) >= 11 is 0. The largest absolute Gasteiger partial charge is 0.335 e. The lowest BCUT2D eigenvalue weighted by molar-refractivity contribution is 0.0740. The lowest BCUT2D eigenvalue weighted by Gasteiger charge is -2.25. The van der Waals surface area contributed by atoms with Crippen LogP contribution in [-0.2, 0) is 16.6 Å². The van der Waals surface area contributed by atoms with Crippen molar-refractivity contribution in [3.05, 3.63) is 100.0 Å². The molecular weight excluding hydrogens is 402 g/mol. The number of pyridine rings is 1. The van der Waals surface area contributed by atoms with Crippen LogP contribution in [0.4, 0.5) is 0 Å². The molecule has 8 heteroatoms. The number of carbonyl (C=O) groups is 1. The van der Waals surface area contributed by atoms with Crippen molar-refractivity contribution in [3.63, 3.8) is 0 Å². The first-order valence-corrected chi connectivity index (χ1v) is 10.9. The van der Waals surface area contributed by atoms with Crippen molar-refractivity contribution in [1.82, 2.24) is 9.47 Å². The number of primary sulfonamides is 1. The first kappa shape index (κ1) is 21.5. The summed E-state index contributed by atoms with van der Waals surface area (Å²) in [6.07, 6.45) is 1.65. The van der Waals surface area contributed by atoms with E-state index in [2.05, 4.69) is 0 Å². The van der Waals surface area contributed by atoms with Gasteiger partial charge < -0.3 is 9.47 Å². The van der Waals surface area contributed by atoms with Crippen LogP contribution < -0.4 is 10.7 Å².